The highest BCUT2D eigenvalue weighted by atomic mass is 16.3. The van der Waals surface area contributed by atoms with Gasteiger partial charge in [0.1, 0.15) is 11.2 Å². The smallest absolute Gasteiger partial charge is 0.136 e. The van der Waals surface area contributed by atoms with E-state index in [9.17, 15) is 0 Å². The van der Waals surface area contributed by atoms with Gasteiger partial charge < -0.3 is 9.32 Å². The molecule has 0 aliphatic heterocycles. The van der Waals surface area contributed by atoms with Gasteiger partial charge in [0.15, 0.2) is 0 Å². The van der Waals surface area contributed by atoms with Crippen LogP contribution in [0.2, 0.25) is 0 Å². The zero-order valence-electron chi connectivity index (χ0n) is 30.3. The summed E-state index contributed by atoms with van der Waals surface area (Å²) in [6.07, 6.45) is 0. The van der Waals surface area contributed by atoms with E-state index in [4.69, 9.17) is 4.42 Å². The molecule has 0 atom stereocenters. The molecule has 1 spiro atoms. The van der Waals surface area contributed by atoms with Gasteiger partial charge in [-0.2, -0.15) is 0 Å². The van der Waals surface area contributed by atoms with E-state index in [1.807, 2.05) is 12.1 Å². The van der Waals surface area contributed by atoms with Crippen LogP contribution in [0, 0.1) is 0 Å². The minimum Gasteiger partial charge on any atom is -0.456 e. The molecule has 2 heteroatoms. The Kier molecular flexibility index (Phi) is 6.55. The maximum Gasteiger partial charge on any atom is 0.136 e. The van der Waals surface area contributed by atoms with Gasteiger partial charge in [0.2, 0.25) is 0 Å². The predicted octanol–water partition coefficient (Wildman–Crippen LogP) is 13.7. The highest BCUT2D eigenvalue weighted by Crippen LogP contribution is 2.62. The Hall–Kier alpha value is -6.64. The Labute approximate surface area is 315 Å². The van der Waals surface area contributed by atoms with Gasteiger partial charge in [-0.05, 0) is 110 Å². The van der Waals surface area contributed by atoms with Crippen molar-refractivity contribution in [1.29, 1.82) is 0 Å². The molecule has 0 radical (unpaired) electrons. The first-order valence-electron chi connectivity index (χ1n) is 18.8. The molecule has 2 nitrogen and oxygen atoms in total. The lowest BCUT2D eigenvalue weighted by Gasteiger charge is -2.47. The molecule has 0 bridgehead atoms. The van der Waals surface area contributed by atoms with Gasteiger partial charge in [-0.1, -0.05) is 147 Å². The lowest BCUT2D eigenvalue weighted by Crippen LogP contribution is -2.40. The van der Waals surface area contributed by atoms with Crippen molar-refractivity contribution in [3.05, 3.63) is 221 Å². The summed E-state index contributed by atoms with van der Waals surface area (Å²) >= 11 is 0. The molecule has 0 unspecified atom stereocenters. The van der Waals surface area contributed by atoms with E-state index in [1.165, 1.54) is 44.5 Å². The predicted molar refractivity (Wildman–Crippen MR) is 223 cm³/mol. The maximum atomic E-state index is 6.24. The molecular weight excluding hydrogens is 655 g/mol. The third-order valence-corrected chi connectivity index (χ3v) is 12.1. The quantitative estimate of drug-likeness (QED) is 0.183. The first-order valence-corrected chi connectivity index (χ1v) is 18.8. The molecule has 11 rings (SSSR count). The van der Waals surface area contributed by atoms with E-state index in [2.05, 4.69) is 195 Å². The fraction of sp³-hybridized carbons (Fsp3) is 0.0769. The lowest BCUT2D eigenvalue weighted by atomic mass is 9.55. The highest BCUT2D eigenvalue weighted by molar-refractivity contribution is 6.06. The largest absolute Gasteiger partial charge is 0.456 e. The van der Waals surface area contributed by atoms with E-state index in [0.717, 1.165) is 50.1 Å². The Morgan fingerprint density at radius 3 is 1.65 bits per heavy atom. The molecule has 256 valence electrons. The van der Waals surface area contributed by atoms with Crippen LogP contribution in [0.5, 0.6) is 0 Å². The highest BCUT2D eigenvalue weighted by Gasteiger charge is 2.53. The number of para-hydroxylation sites is 2. The number of hydrogen-bond donors (Lipinski definition) is 0. The molecule has 54 heavy (non-hydrogen) atoms. The standard InChI is InChI=1S/C52H37NO/c1-51(2)45-21-11-12-22-46(45)52(43-19-9-6-16-39(43)40-17-7-10-20-44(40)52)47-31-29-38(33-48(47)51)53(36-14-4-3-5-15-36)37-27-24-34(25-28-37)35-26-30-42-41-18-8-13-23-49(41)54-50(42)32-35/h3-33H,1-2H3. The molecule has 0 amide bonds. The number of rotatable bonds is 4. The van der Waals surface area contributed by atoms with Crippen LogP contribution in [-0.2, 0) is 10.8 Å². The average molecular weight is 692 g/mol. The van der Waals surface area contributed by atoms with Crippen molar-refractivity contribution in [2.75, 3.05) is 4.90 Å². The number of benzene rings is 8. The Bertz CT molecular complexity index is 2870. The molecule has 1 heterocycles. The summed E-state index contributed by atoms with van der Waals surface area (Å²) in [5, 5.41) is 2.29. The van der Waals surface area contributed by atoms with Crippen molar-refractivity contribution in [2.24, 2.45) is 0 Å². The summed E-state index contributed by atoms with van der Waals surface area (Å²) in [5.41, 5.74) is 17.7. The number of anilines is 3. The first-order chi connectivity index (χ1) is 26.5. The second-order valence-electron chi connectivity index (χ2n) is 15.3. The van der Waals surface area contributed by atoms with Gasteiger partial charge in [0.25, 0.3) is 0 Å². The first kappa shape index (κ1) is 30.9. The van der Waals surface area contributed by atoms with Crippen LogP contribution in [-0.4, -0.2) is 0 Å². The molecule has 0 fully saturated rings. The van der Waals surface area contributed by atoms with Crippen LogP contribution in [0.3, 0.4) is 0 Å². The van der Waals surface area contributed by atoms with Crippen LogP contribution >= 0.6 is 0 Å². The monoisotopic (exact) mass is 691 g/mol. The number of nitrogens with zero attached hydrogens (tertiary/aromatic N) is 1. The van der Waals surface area contributed by atoms with E-state index >= 15 is 0 Å². The molecule has 0 saturated carbocycles. The number of hydrogen-bond acceptors (Lipinski definition) is 2. The van der Waals surface area contributed by atoms with Crippen LogP contribution < -0.4 is 4.90 Å². The SMILES string of the molecule is CC1(C)c2ccccc2C2(c3ccccc3-c3ccccc32)c2ccc(N(c3ccccc3)c3ccc(-c4ccc5c(c4)oc4ccccc45)cc3)cc21. The minimum absolute atomic E-state index is 0.235. The molecule has 0 N–H and O–H groups in total. The topological polar surface area (TPSA) is 16.4 Å². The number of furan rings is 1. The number of fused-ring (bicyclic) bond motifs is 12. The molecule has 9 aromatic rings. The summed E-state index contributed by atoms with van der Waals surface area (Å²) in [7, 11) is 0. The zero-order valence-corrected chi connectivity index (χ0v) is 30.3. The lowest BCUT2D eigenvalue weighted by molar-refractivity contribution is 0.563. The minimum atomic E-state index is -0.409. The van der Waals surface area contributed by atoms with Crippen LogP contribution in [0.1, 0.15) is 47.2 Å². The Morgan fingerprint density at radius 2 is 0.907 bits per heavy atom. The summed E-state index contributed by atoms with van der Waals surface area (Å²) < 4.78 is 6.24. The van der Waals surface area contributed by atoms with Gasteiger partial charge in [0, 0.05) is 33.2 Å². The Morgan fingerprint density at radius 1 is 0.370 bits per heavy atom. The van der Waals surface area contributed by atoms with E-state index in [-0.39, 0.29) is 5.41 Å². The van der Waals surface area contributed by atoms with Gasteiger partial charge >= 0.3 is 0 Å². The third-order valence-electron chi connectivity index (χ3n) is 12.1. The van der Waals surface area contributed by atoms with Crippen molar-refractivity contribution in [2.45, 2.75) is 24.7 Å². The summed E-state index contributed by atoms with van der Waals surface area (Å²) in [6.45, 7) is 4.79. The van der Waals surface area contributed by atoms with Gasteiger partial charge in [-0.25, -0.2) is 0 Å². The van der Waals surface area contributed by atoms with E-state index in [1.54, 1.807) is 0 Å². The van der Waals surface area contributed by atoms with Crippen molar-refractivity contribution in [3.8, 4) is 22.3 Å². The van der Waals surface area contributed by atoms with Crippen molar-refractivity contribution in [1.82, 2.24) is 0 Å². The normalized spacial score (nSPS) is 14.4. The van der Waals surface area contributed by atoms with Crippen molar-refractivity contribution in [3.63, 3.8) is 0 Å². The van der Waals surface area contributed by atoms with E-state index in [0.29, 0.717) is 0 Å². The van der Waals surface area contributed by atoms with Crippen LogP contribution in [0.25, 0.3) is 44.2 Å². The molecule has 0 saturated heterocycles. The van der Waals surface area contributed by atoms with Gasteiger partial charge in [-0.3, -0.25) is 0 Å². The van der Waals surface area contributed by atoms with Gasteiger partial charge in [0.05, 0.1) is 5.41 Å². The van der Waals surface area contributed by atoms with Crippen LogP contribution in [0.4, 0.5) is 17.1 Å². The van der Waals surface area contributed by atoms with Crippen LogP contribution in [0.15, 0.2) is 192 Å². The molecule has 2 aliphatic carbocycles. The van der Waals surface area contributed by atoms with E-state index < -0.39 is 5.41 Å². The third kappa shape index (κ3) is 4.22. The fourth-order valence-corrected chi connectivity index (χ4v) is 9.71. The molecule has 1 aromatic heterocycles. The molecular formula is C52H37NO. The second-order valence-corrected chi connectivity index (χ2v) is 15.3. The second kappa shape index (κ2) is 11.4. The Balaban J connectivity index is 1.08. The van der Waals surface area contributed by atoms with Crippen molar-refractivity contribution < 1.29 is 4.42 Å². The zero-order chi connectivity index (χ0) is 36.0. The molecule has 2 aliphatic rings. The summed E-state index contributed by atoms with van der Waals surface area (Å²) in [6, 6.07) is 68.9. The summed E-state index contributed by atoms with van der Waals surface area (Å²) in [5.74, 6) is 0. The maximum absolute atomic E-state index is 6.24. The van der Waals surface area contributed by atoms with Crippen molar-refractivity contribution >= 4 is 39.0 Å². The summed E-state index contributed by atoms with van der Waals surface area (Å²) in [4.78, 5) is 2.40. The average Bonchev–Trinajstić information content (AvgIpc) is 3.75. The fourth-order valence-electron chi connectivity index (χ4n) is 9.71. The molecule has 8 aromatic carbocycles. The van der Waals surface area contributed by atoms with Gasteiger partial charge in [-0.15, -0.1) is 0 Å².